The molecular weight excluding hydrogens is 481 g/mol. The Hall–Kier alpha value is -3.87. The predicted molar refractivity (Wildman–Crippen MR) is 114 cm³/mol. The second-order valence-corrected chi connectivity index (χ2v) is 7.85. The monoisotopic (exact) mass is 496 g/mol. The van der Waals surface area contributed by atoms with Crippen molar-refractivity contribution >= 4 is 40.6 Å². The number of carbonyl (C=O) groups is 3. The molecule has 3 rings (SSSR count). The van der Waals surface area contributed by atoms with Gasteiger partial charge in [0.05, 0.1) is 22.5 Å². The van der Waals surface area contributed by atoms with Crippen molar-refractivity contribution in [3.05, 3.63) is 68.6 Å². The van der Waals surface area contributed by atoms with Crippen LogP contribution in [-0.4, -0.2) is 40.1 Å². The summed E-state index contributed by atoms with van der Waals surface area (Å²) in [5.41, 5.74) is -1.57. The summed E-state index contributed by atoms with van der Waals surface area (Å²) in [6.45, 7) is 1.36. The number of halogens is 3. The van der Waals surface area contributed by atoms with Crippen molar-refractivity contribution in [1.82, 2.24) is 4.90 Å². The predicted octanol–water partition coefficient (Wildman–Crippen LogP) is 5.00. The molecule has 1 saturated heterocycles. The molecule has 0 saturated carbocycles. The molecule has 178 valence electrons. The van der Waals surface area contributed by atoms with Crippen LogP contribution < -0.4 is 4.74 Å². The van der Waals surface area contributed by atoms with Crippen LogP contribution in [0.25, 0.3) is 6.08 Å². The lowest BCUT2D eigenvalue weighted by molar-refractivity contribution is -0.385. The van der Waals surface area contributed by atoms with Crippen LogP contribution in [0, 0.1) is 10.1 Å². The minimum atomic E-state index is -4.75. The number of nitro groups is 1. The first-order chi connectivity index (χ1) is 15.9. The maximum atomic E-state index is 12.8. The number of thioether (sulfide) groups is 1. The molecule has 34 heavy (non-hydrogen) atoms. The molecule has 0 N–H and O–H groups in total. The van der Waals surface area contributed by atoms with Crippen molar-refractivity contribution in [2.45, 2.75) is 19.1 Å². The Morgan fingerprint density at radius 1 is 1.18 bits per heavy atom. The molecule has 0 radical (unpaired) electrons. The van der Waals surface area contributed by atoms with Crippen LogP contribution in [0.1, 0.15) is 18.1 Å². The summed E-state index contributed by atoms with van der Waals surface area (Å²) in [7, 11) is 1.14. The molecule has 2 aromatic carbocycles. The van der Waals surface area contributed by atoms with E-state index in [0.717, 1.165) is 18.1 Å². The number of amides is 2. The van der Waals surface area contributed by atoms with Gasteiger partial charge in [-0.05, 0) is 54.6 Å². The molecule has 0 aromatic heterocycles. The number of rotatable bonds is 6. The van der Waals surface area contributed by atoms with Gasteiger partial charge in [-0.1, -0.05) is 12.1 Å². The molecule has 1 aliphatic rings. The van der Waals surface area contributed by atoms with Gasteiger partial charge in [0.15, 0.2) is 0 Å². The Morgan fingerprint density at radius 2 is 1.82 bits per heavy atom. The van der Waals surface area contributed by atoms with Gasteiger partial charge in [-0.15, -0.1) is 0 Å². The highest BCUT2D eigenvalue weighted by Gasteiger charge is 2.41. The third kappa shape index (κ3) is 5.20. The lowest BCUT2D eigenvalue weighted by atomic mass is 10.1. The van der Waals surface area contributed by atoms with E-state index in [1.165, 1.54) is 37.3 Å². The number of imide groups is 1. The number of hydrogen-bond acceptors (Lipinski definition) is 8. The second-order valence-electron chi connectivity index (χ2n) is 6.86. The first kappa shape index (κ1) is 24.8. The zero-order valence-corrected chi connectivity index (χ0v) is 18.3. The van der Waals surface area contributed by atoms with Crippen LogP contribution in [0.3, 0.4) is 0 Å². The van der Waals surface area contributed by atoms with E-state index in [1.807, 2.05) is 0 Å². The van der Waals surface area contributed by atoms with Gasteiger partial charge < -0.3 is 9.47 Å². The van der Waals surface area contributed by atoms with Crippen LogP contribution in [0.15, 0.2) is 47.4 Å². The van der Waals surface area contributed by atoms with Gasteiger partial charge in [0.25, 0.3) is 11.1 Å². The summed E-state index contributed by atoms with van der Waals surface area (Å²) in [6.07, 6.45) is -3.35. The molecule has 1 fully saturated rings. The largest absolute Gasteiger partial charge is 0.467 e. The van der Waals surface area contributed by atoms with Gasteiger partial charge in [0, 0.05) is 6.07 Å². The van der Waals surface area contributed by atoms with E-state index in [9.17, 15) is 37.7 Å². The molecule has 2 amide bonds. The molecule has 0 unspecified atom stereocenters. The smallest absolute Gasteiger partial charge is 0.416 e. The Bertz CT molecular complexity index is 1200. The third-order valence-corrected chi connectivity index (χ3v) is 5.53. The molecule has 0 aliphatic carbocycles. The topological polar surface area (TPSA) is 116 Å². The number of hydrogen-bond donors (Lipinski definition) is 0. The Morgan fingerprint density at radius 3 is 2.38 bits per heavy atom. The van der Waals surface area contributed by atoms with Crippen LogP contribution in [0.4, 0.5) is 23.7 Å². The molecule has 1 aliphatic heterocycles. The minimum absolute atomic E-state index is 0.0628. The molecule has 13 heteroatoms. The van der Waals surface area contributed by atoms with E-state index in [-0.39, 0.29) is 16.4 Å². The van der Waals surface area contributed by atoms with E-state index in [4.69, 9.17) is 4.74 Å². The van der Waals surface area contributed by atoms with Crippen molar-refractivity contribution in [3.8, 4) is 11.5 Å². The highest BCUT2D eigenvalue weighted by atomic mass is 32.2. The van der Waals surface area contributed by atoms with Gasteiger partial charge in [-0.3, -0.25) is 24.6 Å². The molecule has 0 spiro atoms. The quantitative estimate of drug-likeness (QED) is 0.237. The zero-order valence-electron chi connectivity index (χ0n) is 17.5. The first-order valence-corrected chi connectivity index (χ1v) is 10.2. The van der Waals surface area contributed by atoms with Crippen molar-refractivity contribution in [2.24, 2.45) is 0 Å². The van der Waals surface area contributed by atoms with E-state index in [2.05, 4.69) is 4.74 Å². The Kier molecular flexibility index (Phi) is 6.96. The molecule has 1 heterocycles. The fraction of sp³-hybridized carbons (Fsp3) is 0.190. The lowest BCUT2D eigenvalue weighted by Gasteiger charge is -2.18. The minimum Gasteiger partial charge on any atom is -0.467 e. The summed E-state index contributed by atoms with van der Waals surface area (Å²) in [5, 5.41) is 10.6. The van der Waals surface area contributed by atoms with Crippen LogP contribution in [-0.2, 0) is 20.5 Å². The number of carbonyl (C=O) groups excluding carboxylic acids is 3. The van der Waals surface area contributed by atoms with Gasteiger partial charge in [-0.25, -0.2) is 4.79 Å². The number of alkyl halides is 3. The number of nitrogens with zero attached hydrogens (tertiary/aromatic N) is 2. The summed E-state index contributed by atoms with van der Waals surface area (Å²) in [6, 6.07) is 6.53. The molecular formula is C21H15F3N2O7S. The average molecular weight is 496 g/mol. The van der Waals surface area contributed by atoms with Crippen LogP contribution in [0.5, 0.6) is 11.5 Å². The maximum absolute atomic E-state index is 12.8. The van der Waals surface area contributed by atoms with Gasteiger partial charge in [-0.2, -0.15) is 13.2 Å². The zero-order chi connectivity index (χ0) is 25.2. The van der Waals surface area contributed by atoms with Gasteiger partial charge >= 0.3 is 17.8 Å². The normalized spacial score (nSPS) is 16.0. The SMILES string of the molecule is COC(=O)[C@@H](C)N1C(=O)S/C(=C/c2ccc(Oc3ccc(C(F)(F)F)cc3[N+](=O)[O-])cc2)C1=O. The first-order valence-electron chi connectivity index (χ1n) is 9.41. The molecule has 1 atom stereocenters. The number of nitro benzene ring substituents is 1. The summed E-state index contributed by atoms with van der Waals surface area (Å²) >= 11 is 0.641. The number of ether oxygens (including phenoxy) is 2. The highest BCUT2D eigenvalue weighted by Crippen LogP contribution is 2.38. The Labute approximate surface area is 194 Å². The van der Waals surface area contributed by atoms with Crippen LogP contribution in [0.2, 0.25) is 0 Å². The molecule has 0 bridgehead atoms. The second kappa shape index (κ2) is 9.55. The highest BCUT2D eigenvalue weighted by molar-refractivity contribution is 8.18. The van der Waals surface area contributed by atoms with Crippen molar-refractivity contribution < 1.29 is 42.0 Å². The standard InChI is InChI=1S/C21H15F3N2O7S/c1-11(19(28)32-2)25-18(27)17(34-20(25)29)9-12-3-6-14(7-4-12)33-16-8-5-13(21(22,23)24)10-15(16)26(30)31/h3-11H,1-2H3/b17-9+/t11-/m1/s1. The van der Waals surface area contributed by atoms with Gasteiger partial charge in [0.2, 0.25) is 5.75 Å². The lowest BCUT2D eigenvalue weighted by Crippen LogP contribution is -2.42. The van der Waals surface area contributed by atoms with Crippen molar-refractivity contribution in [1.29, 1.82) is 0 Å². The fourth-order valence-corrected chi connectivity index (χ4v) is 3.83. The Balaban J connectivity index is 1.80. The van der Waals surface area contributed by atoms with Crippen LogP contribution >= 0.6 is 11.8 Å². The van der Waals surface area contributed by atoms with Gasteiger partial charge in [0.1, 0.15) is 11.8 Å². The molecule has 2 aromatic rings. The van der Waals surface area contributed by atoms with Crippen molar-refractivity contribution in [3.63, 3.8) is 0 Å². The van der Waals surface area contributed by atoms with Crippen molar-refractivity contribution in [2.75, 3.05) is 7.11 Å². The third-order valence-electron chi connectivity index (χ3n) is 4.64. The number of esters is 1. The summed E-state index contributed by atoms with van der Waals surface area (Å²) in [4.78, 5) is 47.4. The van der Waals surface area contributed by atoms with E-state index < -0.39 is 45.5 Å². The number of methoxy groups -OCH3 is 1. The fourth-order valence-electron chi connectivity index (χ4n) is 2.92. The molecule has 9 nitrogen and oxygen atoms in total. The number of benzene rings is 2. The van der Waals surface area contributed by atoms with E-state index in [1.54, 1.807) is 0 Å². The summed E-state index contributed by atoms with van der Waals surface area (Å²) < 4.78 is 48.4. The average Bonchev–Trinajstić information content (AvgIpc) is 3.05. The van der Waals surface area contributed by atoms with E-state index >= 15 is 0 Å². The maximum Gasteiger partial charge on any atom is 0.416 e. The summed E-state index contributed by atoms with van der Waals surface area (Å²) in [5.74, 6) is -1.72. The van der Waals surface area contributed by atoms with E-state index in [0.29, 0.717) is 29.5 Å².